The maximum Gasteiger partial charge on any atom is 0.119 e. The van der Waals surface area contributed by atoms with Crippen molar-refractivity contribution in [2.24, 2.45) is 11.8 Å². The first-order chi connectivity index (χ1) is 16.7. The van der Waals surface area contributed by atoms with Crippen LogP contribution in [0, 0.1) is 11.8 Å². The minimum absolute atomic E-state index is 0.214. The van der Waals surface area contributed by atoms with Crippen molar-refractivity contribution in [3.63, 3.8) is 0 Å². The van der Waals surface area contributed by atoms with Crippen LogP contribution in [0.4, 0.5) is 0 Å². The summed E-state index contributed by atoms with van der Waals surface area (Å²) in [5.41, 5.74) is 1.77. The zero-order chi connectivity index (χ0) is 23.8. The van der Waals surface area contributed by atoms with Crippen LogP contribution in [0.5, 0.6) is 5.75 Å². The van der Waals surface area contributed by atoms with Gasteiger partial charge in [0.15, 0.2) is 0 Å². The highest BCUT2D eigenvalue weighted by Gasteiger charge is 2.29. The summed E-state index contributed by atoms with van der Waals surface area (Å²) >= 11 is 1.91. The van der Waals surface area contributed by atoms with Crippen LogP contribution >= 0.6 is 11.8 Å². The van der Waals surface area contributed by atoms with Crippen LogP contribution in [0.25, 0.3) is 10.9 Å². The number of thioether (sulfide) groups is 1. The average Bonchev–Trinajstić information content (AvgIpc) is 2.89. The molecule has 2 heterocycles. The highest BCUT2D eigenvalue weighted by Crippen LogP contribution is 2.33. The fraction of sp³-hybridized carbons (Fsp3) is 0.464. The molecule has 6 heteroatoms. The molecule has 1 saturated heterocycles. The number of likely N-dealkylation sites (tertiary alicyclic amines) is 1. The molecule has 2 aromatic carbocycles. The van der Waals surface area contributed by atoms with Crippen molar-refractivity contribution in [2.75, 3.05) is 39.1 Å². The van der Waals surface area contributed by atoms with E-state index >= 15 is 0 Å². The monoisotopic (exact) mass is 480 g/mol. The molecular formula is C28H36N2O3S. The lowest BCUT2D eigenvalue weighted by atomic mass is 9.81. The zero-order valence-corrected chi connectivity index (χ0v) is 20.8. The standard InChI is InChI=1S/C28H36N2O3S/c1-33-23-9-10-27-26(18-23)25(12-14-29-27)28(32)11-8-21-13-16-30(19-22(21)20-31)15-5-17-34-24-6-3-2-4-7-24/h2-4,6-7,9-10,12,14,18,21-22,28,31-32H,5,8,11,13,15-17,19-20H2,1H3/t21-,22-,28?/m1/s1. The first-order valence-corrected chi connectivity index (χ1v) is 13.3. The number of benzene rings is 2. The Morgan fingerprint density at radius 1 is 1.15 bits per heavy atom. The third-order valence-corrected chi connectivity index (χ3v) is 8.09. The van der Waals surface area contributed by atoms with Crippen molar-refractivity contribution in [2.45, 2.75) is 36.7 Å². The number of hydrogen-bond acceptors (Lipinski definition) is 6. The highest BCUT2D eigenvalue weighted by molar-refractivity contribution is 7.99. The Morgan fingerprint density at radius 3 is 2.79 bits per heavy atom. The maximum absolute atomic E-state index is 11.0. The Kier molecular flexibility index (Phi) is 9.22. The summed E-state index contributed by atoms with van der Waals surface area (Å²) in [6.07, 6.45) is 5.04. The van der Waals surface area contributed by atoms with Crippen molar-refractivity contribution in [1.29, 1.82) is 0 Å². The molecule has 0 saturated carbocycles. The Balaban J connectivity index is 1.26. The van der Waals surface area contributed by atoms with E-state index in [1.165, 1.54) is 4.90 Å². The third kappa shape index (κ3) is 6.51. The molecule has 5 nitrogen and oxygen atoms in total. The lowest BCUT2D eigenvalue weighted by Gasteiger charge is -2.38. The predicted octanol–water partition coefficient (Wildman–Crippen LogP) is 5.17. The van der Waals surface area contributed by atoms with E-state index in [-0.39, 0.29) is 12.5 Å². The number of piperidine rings is 1. The van der Waals surface area contributed by atoms with E-state index < -0.39 is 6.10 Å². The van der Waals surface area contributed by atoms with Gasteiger partial charge >= 0.3 is 0 Å². The molecule has 0 aliphatic carbocycles. The van der Waals surface area contributed by atoms with Gasteiger partial charge in [0.1, 0.15) is 5.75 Å². The molecule has 182 valence electrons. The lowest BCUT2D eigenvalue weighted by Crippen LogP contribution is -2.42. The van der Waals surface area contributed by atoms with Gasteiger partial charge in [-0.15, -0.1) is 11.8 Å². The van der Waals surface area contributed by atoms with E-state index in [1.807, 2.05) is 36.0 Å². The molecular weight excluding hydrogens is 444 g/mol. The maximum atomic E-state index is 11.0. The largest absolute Gasteiger partial charge is 0.497 e. The molecule has 0 bridgehead atoms. The van der Waals surface area contributed by atoms with Crippen LogP contribution in [0.3, 0.4) is 0 Å². The number of hydrogen-bond donors (Lipinski definition) is 2. The van der Waals surface area contributed by atoms with E-state index in [9.17, 15) is 10.2 Å². The Morgan fingerprint density at radius 2 is 2.00 bits per heavy atom. The Bertz CT molecular complexity index is 1030. The number of aliphatic hydroxyl groups excluding tert-OH is 2. The quantitative estimate of drug-likeness (QED) is 0.292. The normalized spacial score (nSPS) is 19.9. The number of aromatic nitrogens is 1. The van der Waals surface area contributed by atoms with Crippen LogP contribution in [-0.2, 0) is 0 Å². The molecule has 3 atom stereocenters. The van der Waals surface area contributed by atoms with Crippen LogP contribution in [0.15, 0.2) is 65.7 Å². The third-order valence-electron chi connectivity index (χ3n) is 6.99. The van der Waals surface area contributed by atoms with Crippen LogP contribution in [-0.4, -0.2) is 59.2 Å². The Labute approximate surface area is 207 Å². The molecule has 1 aromatic heterocycles. The first kappa shape index (κ1) is 25.0. The number of nitrogens with zero attached hydrogens (tertiary/aromatic N) is 2. The number of fused-ring (bicyclic) bond motifs is 1. The second-order valence-electron chi connectivity index (χ2n) is 9.18. The van der Waals surface area contributed by atoms with Gasteiger partial charge in [0.2, 0.25) is 0 Å². The van der Waals surface area contributed by atoms with Gasteiger partial charge in [-0.05, 0) is 98.3 Å². The van der Waals surface area contributed by atoms with Crippen molar-refractivity contribution in [1.82, 2.24) is 9.88 Å². The van der Waals surface area contributed by atoms with Gasteiger partial charge in [0.25, 0.3) is 0 Å². The minimum Gasteiger partial charge on any atom is -0.497 e. The van der Waals surface area contributed by atoms with E-state index in [0.29, 0.717) is 12.3 Å². The van der Waals surface area contributed by atoms with Gasteiger partial charge < -0.3 is 19.8 Å². The molecule has 0 spiro atoms. The number of ether oxygens (including phenoxy) is 1. The molecule has 1 unspecified atom stereocenters. The summed E-state index contributed by atoms with van der Waals surface area (Å²) in [6.45, 7) is 3.31. The molecule has 4 rings (SSSR count). The first-order valence-electron chi connectivity index (χ1n) is 12.3. The van der Waals surface area contributed by atoms with Crippen LogP contribution in [0.2, 0.25) is 0 Å². The van der Waals surface area contributed by atoms with Crippen molar-refractivity contribution >= 4 is 22.7 Å². The SMILES string of the molecule is COc1ccc2nccc(C(O)CC[C@@H]3CCN(CCCSc4ccccc4)C[C@@H]3CO)c2c1. The van der Waals surface area contributed by atoms with Gasteiger partial charge in [0.05, 0.1) is 18.7 Å². The fourth-order valence-corrected chi connectivity index (χ4v) is 5.89. The molecule has 0 radical (unpaired) electrons. The van der Waals surface area contributed by atoms with Crippen molar-refractivity contribution < 1.29 is 14.9 Å². The highest BCUT2D eigenvalue weighted by atomic mass is 32.2. The van der Waals surface area contributed by atoms with Gasteiger partial charge in [0, 0.05) is 29.6 Å². The topological polar surface area (TPSA) is 65.8 Å². The molecule has 0 amide bonds. The number of pyridine rings is 1. The van der Waals surface area contributed by atoms with Gasteiger partial charge in [-0.1, -0.05) is 18.2 Å². The second-order valence-corrected chi connectivity index (χ2v) is 10.4. The summed E-state index contributed by atoms with van der Waals surface area (Å²) in [4.78, 5) is 8.25. The summed E-state index contributed by atoms with van der Waals surface area (Å²) < 4.78 is 5.37. The number of rotatable bonds is 11. The molecule has 34 heavy (non-hydrogen) atoms. The minimum atomic E-state index is -0.551. The second kappa shape index (κ2) is 12.5. The van der Waals surface area contributed by atoms with Crippen molar-refractivity contribution in [3.05, 3.63) is 66.4 Å². The lowest BCUT2D eigenvalue weighted by molar-refractivity contribution is 0.0581. The predicted molar refractivity (Wildman–Crippen MR) is 139 cm³/mol. The van der Waals surface area contributed by atoms with Gasteiger partial charge in [-0.2, -0.15) is 0 Å². The van der Waals surface area contributed by atoms with Crippen LogP contribution in [0.1, 0.15) is 37.4 Å². The molecule has 1 aliphatic heterocycles. The van der Waals surface area contributed by atoms with Gasteiger partial charge in [-0.3, -0.25) is 4.98 Å². The Hall–Kier alpha value is -2.12. The smallest absolute Gasteiger partial charge is 0.119 e. The molecule has 2 N–H and O–H groups in total. The number of aliphatic hydroxyl groups is 2. The summed E-state index contributed by atoms with van der Waals surface area (Å²) in [7, 11) is 1.65. The molecule has 3 aromatic rings. The van der Waals surface area contributed by atoms with Crippen molar-refractivity contribution in [3.8, 4) is 5.75 Å². The molecule has 1 aliphatic rings. The van der Waals surface area contributed by atoms with E-state index in [0.717, 1.165) is 66.9 Å². The van der Waals surface area contributed by atoms with E-state index in [2.05, 4.69) is 40.2 Å². The van der Waals surface area contributed by atoms with Crippen LogP contribution < -0.4 is 4.74 Å². The van der Waals surface area contributed by atoms with E-state index in [1.54, 1.807) is 13.3 Å². The number of methoxy groups -OCH3 is 1. The fourth-order valence-electron chi connectivity index (χ4n) is 5.03. The zero-order valence-electron chi connectivity index (χ0n) is 20.0. The van der Waals surface area contributed by atoms with Gasteiger partial charge in [-0.25, -0.2) is 0 Å². The average molecular weight is 481 g/mol. The summed E-state index contributed by atoms with van der Waals surface area (Å²) in [6, 6.07) is 18.2. The van der Waals surface area contributed by atoms with E-state index in [4.69, 9.17) is 4.74 Å². The summed E-state index contributed by atoms with van der Waals surface area (Å²) in [5.74, 6) is 2.60. The summed E-state index contributed by atoms with van der Waals surface area (Å²) in [5, 5.41) is 22.0. The molecule has 1 fully saturated rings.